The molecule has 4 rings (SSSR count). The first-order valence-corrected chi connectivity index (χ1v) is 13.3. The number of sulfonamides is 1. The average molecular weight is 490 g/mol. The van der Waals surface area contributed by atoms with Crippen LogP contribution in [0.25, 0.3) is 0 Å². The molecular weight excluding hydrogens is 457 g/mol. The van der Waals surface area contributed by atoms with Crippen LogP contribution in [0.15, 0.2) is 47.4 Å². The number of amides is 1. The van der Waals surface area contributed by atoms with Crippen molar-refractivity contribution in [2.24, 2.45) is 0 Å². The summed E-state index contributed by atoms with van der Waals surface area (Å²) in [7, 11) is -2.02. The number of para-hydroxylation sites is 1. The van der Waals surface area contributed by atoms with Gasteiger partial charge in [0.1, 0.15) is 6.61 Å². The van der Waals surface area contributed by atoms with E-state index < -0.39 is 15.8 Å². The molecule has 2 aliphatic rings. The average Bonchev–Trinajstić information content (AvgIpc) is 3.40. The lowest BCUT2D eigenvalue weighted by molar-refractivity contribution is 0.0773. The van der Waals surface area contributed by atoms with Crippen LogP contribution in [0.4, 0.5) is 10.1 Å². The van der Waals surface area contributed by atoms with Gasteiger partial charge >= 0.3 is 0 Å². The third-order valence-corrected chi connectivity index (χ3v) is 8.36. The third-order valence-electron chi connectivity index (χ3n) is 6.47. The number of ether oxygens (including phenoxy) is 1. The number of nitrogens with zero attached hydrogens (tertiary/aromatic N) is 3. The number of hydrogen-bond acceptors (Lipinski definition) is 5. The Morgan fingerprint density at radius 2 is 1.68 bits per heavy atom. The summed E-state index contributed by atoms with van der Waals surface area (Å²) in [5.41, 5.74) is 1.12. The zero-order chi connectivity index (χ0) is 24.1. The van der Waals surface area contributed by atoms with Crippen LogP contribution < -0.4 is 9.64 Å². The molecule has 2 aromatic rings. The van der Waals surface area contributed by atoms with Crippen LogP contribution in [0.5, 0.6) is 5.75 Å². The van der Waals surface area contributed by atoms with Crippen LogP contribution in [0, 0.1) is 5.82 Å². The fourth-order valence-electron chi connectivity index (χ4n) is 4.50. The van der Waals surface area contributed by atoms with Gasteiger partial charge in [-0.25, -0.2) is 12.8 Å². The zero-order valence-electron chi connectivity index (χ0n) is 19.6. The Bertz CT molecular complexity index is 1110. The second-order valence-corrected chi connectivity index (χ2v) is 10.8. The summed E-state index contributed by atoms with van der Waals surface area (Å²) in [6.45, 7) is 3.03. The number of likely N-dealkylation sites (N-methyl/N-ethyl adjacent to an activating group) is 1. The van der Waals surface area contributed by atoms with Crippen molar-refractivity contribution in [3.05, 3.63) is 53.8 Å². The summed E-state index contributed by atoms with van der Waals surface area (Å²) in [6.07, 6.45) is 4.80. The van der Waals surface area contributed by atoms with E-state index in [1.807, 2.05) is 0 Å². The summed E-state index contributed by atoms with van der Waals surface area (Å²) < 4.78 is 47.3. The monoisotopic (exact) mass is 489 g/mol. The van der Waals surface area contributed by atoms with Gasteiger partial charge in [0, 0.05) is 38.9 Å². The van der Waals surface area contributed by atoms with Crippen molar-refractivity contribution in [3.8, 4) is 5.75 Å². The van der Waals surface area contributed by atoms with Gasteiger partial charge in [-0.2, -0.15) is 4.31 Å². The number of halogens is 1. The molecule has 0 atom stereocenters. The number of benzene rings is 2. The molecule has 0 unspecified atom stereocenters. The zero-order valence-corrected chi connectivity index (χ0v) is 20.4. The minimum absolute atomic E-state index is 0.119. The topological polar surface area (TPSA) is 70.2 Å². The van der Waals surface area contributed by atoms with Gasteiger partial charge in [0.2, 0.25) is 10.0 Å². The van der Waals surface area contributed by atoms with Gasteiger partial charge < -0.3 is 14.5 Å². The number of anilines is 1. The Hall–Kier alpha value is -2.65. The van der Waals surface area contributed by atoms with Gasteiger partial charge in [-0.3, -0.25) is 4.79 Å². The first-order valence-electron chi connectivity index (χ1n) is 11.9. The molecule has 9 heteroatoms. The van der Waals surface area contributed by atoms with E-state index in [0.717, 1.165) is 50.9 Å². The highest BCUT2D eigenvalue weighted by atomic mass is 32.2. The Balaban J connectivity index is 1.55. The minimum atomic E-state index is -3.66. The number of piperidine rings is 1. The van der Waals surface area contributed by atoms with Crippen LogP contribution in [0.2, 0.25) is 0 Å². The molecule has 184 valence electrons. The summed E-state index contributed by atoms with van der Waals surface area (Å²) in [6, 6.07) is 11.0. The van der Waals surface area contributed by atoms with Crippen LogP contribution >= 0.6 is 0 Å². The molecule has 2 aromatic carbocycles. The van der Waals surface area contributed by atoms with Gasteiger partial charge in [0.25, 0.3) is 5.91 Å². The second-order valence-electron chi connectivity index (χ2n) is 8.84. The van der Waals surface area contributed by atoms with Crippen molar-refractivity contribution in [2.75, 3.05) is 51.3 Å². The third kappa shape index (κ3) is 5.36. The van der Waals surface area contributed by atoms with E-state index in [-0.39, 0.29) is 29.7 Å². The molecule has 0 spiro atoms. The van der Waals surface area contributed by atoms with Crippen molar-refractivity contribution in [3.63, 3.8) is 0 Å². The van der Waals surface area contributed by atoms with Gasteiger partial charge in [-0.15, -0.1) is 0 Å². The van der Waals surface area contributed by atoms with Gasteiger partial charge in [-0.05, 0) is 56.0 Å². The maximum absolute atomic E-state index is 13.8. The lowest BCUT2D eigenvalue weighted by Crippen LogP contribution is -2.36. The van der Waals surface area contributed by atoms with Crippen LogP contribution in [0.3, 0.4) is 0 Å². The fraction of sp³-hybridized carbons (Fsp3) is 0.480. The molecule has 0 saturated carbocycles. The van der Waals surface area contributed by atoms with Crippen LogP contribution in [-0.4, -0.2) is 69.9 Å². The molecule has 2 heterocycles. The van der Waals surface area contributed by atoms with Crippen molar-refractivity contribution >= 4 is 21.6 Å². The Labute approximate surface area is 201 Å². The van der Waals surface area contributed by atoms with Crippen molar-refractivity contribution in [1.82, 2.24) is 9.21 Å². The molecule has 7 nitrogen and oxygen atoms in total. The first-order chi connectivity index (χ1) is 16.4. The second kappa shape index (κ2) is 10.7. The standard InChI is InChI=1S/C25H32FN3O4S/c1-27(17-18-33-24-10-4-3-9-22(24)26)25(30)21-19-20(11-12-23(21)28-13-7-8-14-28)34(31,32)29-15-5-2-6-16-29/h3-4,9-12,19H,2,5-8,13-18H2,1H3. The summed E-state index contributed by atoms with van der Waals surface area (Å²) >= 11 is 0. The molecule has 2 saturated heterocycles. The Morgan fingerprint density at radius 1 is 1.00 bits per heavy atom. The fourth-order valence-corrected chi connectivity index (χ4v) is 6.04. The molecule has 0 aliphatic carbocycles. The highest BCUT2D eigenvalue weighted by molar-refractivity contribution is 7.89. The predicted octanol–water partition coefficient (Wildman–Crippen LogP) is 3.75. The molecular formula is C25H32FN3O4S. The van der Waals surface area contributed by atoms with Crippen molar-refractivity contribution in [2.45, 2.75) is 37.0 Å². The normalized spacial score (nSPS) is 17.1. The SMILES string of the molecule is CN(CCOc1ccccc1F)C(=O)c1cc(S(=O)(=O)N2CCCCC2)ccc1N1CCCC1. The summed E-state index contributed by atoms with van der Waals surface area (Å²) in [5, 5.41) is 0. The summed E-state index contributed by atoms with van der Waals surface area (Å²) in [4.78, 5) is 17.2. The van der Waals surface area contributed by atoms with E-state index in [0.29, 0.717) is 18.7 Å². The maximum Gasteiger partial charge on any atom is 0.255 e. The van der Waals surface area contributed by atoms with Crippen molar-refractivity contribution < 1.29 is 22.3 Å². The lowest BCUT2D eigenvalue weighted by Gasteiger charge is -2.28. The van der Waals surface area contributed by atoms with Crippen LogP contribution in [0.1, 0.15) is 42.5 Å². The smallest absolute Gasteiger partial charge is 0.255 e. The van der Waals surface area contributed by atoms with Crippen LogP contribution in [-0.2, 0) is 10.0 Å². The molecule has 0 N–H and O–H groups in total. The van der Waals surface area contributed by atoms with E-state index in [1.165, 1.54) is 27.4 Å². The number of carbonyl (C=O) groups excluding carboxylic acids is 1. The molecule has 2 fully saturated rings. The van der Waals surface area contributed by atoms with E-state index in [2.05, 4.69) is 4.90 Å². The van der Waals surface area contributed by atoms with Crippen molar-refractivity contribution in [1.29, 1.82) is 0 Å². The molecule has 0 bridgehead atoms. The van der Waals surface area contributed by atoms with Gasteiger partial charge in [-0.1, -0.05) is 18.6 Å². The predicted molar refractivity (Wildman–Crippen MR) is 129 cm³/mol. The number of carbonyl (C=O) groups is 1. The number of hydrogen-bond donors (Lipinski definition) is 0. The molecule has 34 heavy (non-hydrogen) atoms. The molecule has 0 aromatic heterocycles. The summed E-state index contributed by atoms with van der Waals surface area (Å²) in [5.74, 6) is -0.603. The Kier molecular flexibility index (Phi) is 7.73. The first kappa shape index (κ1) is 24.5. The molecule has 1 amide bonds. The quantitative estimate of drug-likeness (QED) is 0.565. The highest BCUT2D eigenvalue weighted by Crippen LogP contribution is 2.30. The van der Waals surface area contributed by atoms with E-state index in [4.69, 9.17) is 4.74 Å². The minimum Gasteiger partial charge on any atom is -0.489 e. The van der Waals surface area contributed by atoms with Gasteiger partial charge in [0.15, 0.2) is 11.6 Å². The van der Waals surface area contributed by atoms with E-state index >= 15 is 0 Å². The largest absolute Gasteiger partial charge is 0.489 e. The highest BCUT2D eigenvalue weighted by Gasteiger charge is 2.29. The van der Waals surface area contributed by atoms with E-state index in [9.17, 15) is 17.6 Å². The van der Waals surface area contributed by atoms with E-state index in [1.54, 1.807) is 31.3 Å². The Morgan fingerprint density at radius 3 is 2.38 bits per heavy atom. The van der Waals surface area contributed by atoms with Gasteiger partial charge in [0.05, 0.1) is 17.0 Å². The maximum atomic E-state index is 13.8. The number of rotatable bonds is 8. The molecule has 0 radical (unpaired) electrons. The lowest BCUT2D eigenvalue weighted by atomic mass is 10.1. The molecule has 2 aliphatic heterocycles.